The van der Waals surface area contributed by atoms with Crippen LogP contribution in [0.3, 0.4) is 0 Å². The van der Waals surface area contributed by atoms with Gasteiger partial charge in [-0.3, -0.25) is 14.2 Å². The van der Waals surface area contributed by atoms with Crippen LogP contribution in [0.1, 0.15) is 36.4 Å². The van der Waals surface area contributed by atoms with Crippen molar-refractivity contribution in [1.29, 1.82) is 0 Å². The minimum Gasteiger partial charge on any atom is -0.294 e. The molecule has 1 aliphatic carbocycles. The molecule has 1 unspecified atom stereocenters. The summed E-state index contributed by atoms with van der Waals surface area (Å²) in [5, 5.41) is 0.621. The molecule has 5 rings (SSSR count). The minimum absolute atomic E-state index is 0.00121. The second-order valence-electron chi connectivity index (χ2n) is 7.32. The molecule has 2 aromatic carbocycles. The van der Waals surface area contributed by atoms with E-state index in [9.17, 15) is 14.0 Å². The lowest BCUT2D eigenvalue weighted by atomic mass is 9.86. The number of Topliss-reactive ketones (excluding diaryl/α,β-unsaturated/α-hetero) is 1. The summed E-state index contributed by atoms with van der Waals surface area (Å²) in [4.78, 5) is 31.4. The Labute approximate surface area is 180 Å². The van der Waals surface area contributed by atoms with Gasteiger partial charge < -0.3 is 0 Å². The number of hydrogen-bond acceptors (Lipinski definition) is 4. The Kier molecular flexibility index (Phi) is 4.76. The molecule has 0 radical (unpaired) electrons. The van der Waals surface area contributed by atoms with Gasteiger partial charge in [0.05, 0.1) is 16.3 Å². The van der Waals surface area contributed by atoms with E-state index in [1.807, 2.05) is 12.1 Å². The molecule has 2 heterocycles. The Morgan fingerprint density at radius 3 is 2.53 bits per heavy atom. The number of nitrogens with zero attached hydrogens (tertiary/aromatic N) is 2. The van der Waals surface area contributed by atoms with Gasteiger partial charge in [0.15, 0.2) is 10.6 Å². The zero-order chi connectivity index (χ0) is 20.8. The molecule has 0 saturated heterocycles. The number of aromatic nitrogens is 1. The molecule has 1 atom stereocenters. The molecule has 1 aliphatic heterocycles. The van der Waals surface area contributed by atoms with Crippen molar-refractivity contribution in [3.63, 3.8) is 0 Å². The average molecular weight is 439 g/mol. The van der Waals surface area contributed by atoms with Crippen LogP contribution in [0.15, 0.2) is 69.6 Å². The number of carbonyl (C=O) groups is 1. The second kappa shape index (κ2) is 7.45. The van der Waals surface area contributed by atoms with Gasteiger partial charge in [-0.25, -0.2) is 9.38 Å². The molecule has 0 amide bonds. The van der Waals surface area contributed by atoms with Crippen LogP contribution < -0.4 is 14.9 Å². The lowest BCUT2D eigenvalue weighted by Crippen LogP contribution is -2.40. The van der Waals surface area contributed by atoms with Gasteiger partial charge >= 0.3 is 0 Å². The van der Waals surface area contributed by atoms with Crippen molar-refractivity contribution >= 4 is 34.8 Å². The van der Waals surface area contributed by atoms with Gasteiger partial charge in [-0.15, -0.1) is 0 Å². The molecule has 2 aliphatic rings. The lowest BCUT2D eigenvalue weighted by molar-refractivity contribution is -0.116. The van der Waals surface area contributed by atoms with Crippen molar-refractivity contribution in [3.8, 4) is 0 Å². The molecule has 4 nitrogen and oxygen atoms in total. The van der Waals surface area contributed by atoms with E-state index in [-0.39, 0.29) is 17.2 Å². The number of carbonyl (C=O) groups excluding carboxylic acids is 1. The fraction of sp³-hybridized carbons (Fsp3) is 0.174. The topological polar surface area (TPSA) is 51.4 Å². The van der Waals surface area contributed by atoms with Crippen molar-refractivity contribution in [3.05, 3.63) is 101 Å². The maximum Gasteiger partial charge on any atom is 0.271 e. The van der Waals surface area contributed by atoms with Gasteiger partial charge in [-0.2, -0.15) is 0 Å². The maximum atomic E-state index is 13.5. The van der Waals surface area contributed by atoms with Crippen LogP contribution >= 0.6 is 22.9 Å². The van der Waals surface area contributed by atoms with Crippen LogP contribution in [0.4, 0.5) is 4.39 Å². The van der Waals surface area contributed by atoms with E-state index in [1.54, 1.807) is 34.9 Å². The molecule has 1 aromatic heterocycles. The first-order chi connectivity index (χ1) is 14.5. The molecule has 0 saturated carbocycles. The second-order valence-corrected chi connectivity index (χ2v) is 8.77. The largest absolute Gasteiger partial charge is 0.294 e. The number of allylic oxidation sites excluding steroid dienone is 2. The number of ketones is 1. The Bertz CT molecular complexity index is 1370. The quantitative estimate of drug-likeness (QED) is 0.611. The van der Waals surface area contributed by atoms with Crippen molar-refractivity contribution in [1.82, 2.24) is 4.57 Å². The van der Waals surface area contributed by atoms with Gasteiger partial charge in [-0.05, 0) is 54.3 Å². The molecule has 7 heteroatoms. The van der Waals surface area contributed by atoms with E-state index in [2.05, 4.69) is 4.99 Å². The molecule has 30 heavy (non-hydrogen) atoms. The molecule has 150 valence electrons. The standard InChI is InChI=1S/C23H16ClFN2O2S/c24-15-8-4-13(5-9-15)12-19-22(29)27-21(14-6-10-16(25)11-7-14)20-17(26-23(27)30-19)2-1-3-18(20)28/h4-12,21H,1-3H2/b19-12-. The smallest absolute Gasteiger partial charge is 0.271 e. The van der Waals surface area contributed by atoms with Crippen molar-refractivity contribution in [2.75, 3.05) is 0 Å². The summed E-state index contributed by atoms with van der Waals surface area (Å²) < 4.78 is 15.6. The monoisotopic (exact) mass is 438 g/mol. The zero-order valence-corrected chi connectivity index (χ0v) is 17.3. The van der Waals surface area contributed by atoms with Gasteiger partial charge in [0.1, 0.15) is 5.82 Å². The first kappa shape index (κ1) is 19.2. The van der Waals surface area contributed by atoms with E-state index < -0.39 is 6.04 Å². The number of thiazole rings is 1. The van der Waals surface area contributed by atoms with Crippen LogP contribution in [0.2, 0.25) is 5.02 Å². The van der Waals surface area contributed by atoms with Crippen molar-refractivity contribution < 1.29 is 9.18 Å². The summed E-state index contributed by atoms with van der Waals surface area (Å²) in [6.07, 6.45) is 3.68. The summed E-state index contributed by atoms with van der Waals surface area (Å²) in [5.74, 6) is -0.362. The third-order valence-electron chi connectivity index (χ3n) is 5.38. The Morgan fingerprint density at radius 1 is 1.07 bits per heavy atom. The number of rotatable bonds is 2. The van der Waals surface area contributed by atoms with E-state index in [0.29, 0.717) is 38.3 Å². The van der Waals surface area contributed by atoms with Crippen LogP contribution in [0.5, 0.6) is 0 Å². The molecule has 0 spiro atoms. The fourth-order valence-electron chi connectivity index (χ4n) is 3.98. The highest BCUT2D eigenvalue weighted by molar-refractivity contribution is 7.07. The van der Waals surface area contributed by atoms with Gasteiger partial charge in [-0.1, -0.05) is 47.2 Å². The lowest BCUT2D eigenvalue weighted by Gasteiger charge is -2.28. The Balaban J connectivity index is 1.75. The summed E-state index contributed by atoms with van der Waals surface area (Å²) in [7, 11) is 0. The summed E-state index contributed by atoms with van der Waals surface area (Å²) in [6, 6.07) is 12.6. The highest BCUT2D eigenvalue weighted by Gasteiger charge is 2.34. The predicted octanol–water partition coefficient (Wildman–Crippen LogP) is 3.76. The normalized spacial score (nSPS) is 18.8. The number of halogens is 2. The molecule has 3 aromatic rings. The number of fused-ring (bicyclic) bond motifs is 1. The van der Waals surface area contributed by atoms with Gasteiger partial charge in [0.2, 0.25) is 0 Å². The average Bonchev–Trinajstić information content (AvgIpc) is 3.04. The first-order valence-electron chi connectivity index (χ1n) is 9.60. The molecule has 0 bridgehead atoms. The maximum absolute atomic E-state index is 13.5. The van der Waals surface area contributed by atoms with E-state index >= 15 is 0 Å². The summed E-state index contributed by atoms with van der Waals surface area (Å²) >= 11 is 7.25. The predicted molar refractivity (Wildman–Crippen MR) is 115 cm³/mol. The molecule has 0 fully saturated rings. The first-order valence-corrected chi connectivity index (χ1v) is 10.8. The van der Waals surface area contributed by atoms with Gasteiger partial charge in [0.25, 0.3) is 5.56 Å². The summed E-state index contributed by atoms with van der Waals surface area (Å²) in [6.45, 7) is 0. The van der Waals surface area contributed by atoms with Crippen LogP contribution in [0, 0.1) is 5.82 Å². The van der Waals surface area contributed by atoms with Crippen LogP contribution in [-0.2, 0) is 4.79 Å². The highest BCUT2D eigenvalue weighted by atomic mass is 35.5. The zero-order valence-electron chi connectivity index (χ0n) is 15.8. The van der Waals surface area contributed by atoms with E-state index in [1.165, 1.54) is 23.5 Å². The van der Waals surface area contributed by atoms with Crippen molar-refractivity contribution in [2.24, 2.45) is 4.99 Å². The SMILES string of the molecule is O=C1CCCC2=C1C(c1ccc(F)cc1)n1c(s/c(=C\c3ccc(Cl)cc3)c1=O)=N2. The van der Waals surface area contributed by atoms with E-state index in [0.717, 1.165) is 17.7 Å². The van der Waals surface area contributed by atoms with Crippen LogP contribution in [-0.4, -0.2) is 10.4 Å². The van der Waals surface area contributed by atoms with Gasteiger partial charge in [0, 0.05) is 17.0 Å². The highest BCUT2D eigenvalue weighted by Crippen LogP contribution is 2.36. The Morgan fingerprint density at radius 2 is 1.80 bits per heavy atom. The minimum atomic E-state index is -0.586. The molecule has 0 N–H and O–H groups in total. The molecular weight excluding hydrogens is 423 g/mol. The molecular formula is C23H16ClFN2O2S. The third-order valence-corrected chi connectivity index (χ3v) is 6.62. The summed E-state index contributed by atoms with van der Waals surface area (Å²) in [5.41, 5.74) is 2.63. The number of benzene rings is 2. The Hall–Kier alpha value is -2.83. The van der Waals surface area contributed by atoms with Crippen LogP contribution in [0.25, 0.3) is 6.08 Å². The number of hydrogen-bond donors (Lipinski definition) is 0. The third kappa shape index (κ3) is 3.26. The van der Waals surface area contributed by atoms with E-state index in [4.69, 9.17) is 11.6 Å². The van der Waals surface area contributed by atoms with Crippen molar-refractivity contribution in [2.45, 2.75) is 25.3 Å². The fourth-order valence-corrected chi connectivity index (χ4v) is 5.13.